The average Bonchev–Trinajstić information content (AvgIpc) is 2.97. The van der Waals surface area contributed by atoms with Gasteiger partial charge in [0.05, 0.1) is 11.3 Å². The Morgan fingerprint density at radius 3 is 2.68 bits per heavy atom. The monoisotopic (exact) mass is 331 g/mol. The molecule has 2 nitrogen and oxygen atoms in total. The second kappa shape index (κ2) is 6.76. The molecule has 0 radical (unpaired) electrons. The van der Waals surface area contributed by atoms with Gasteiger partial charge in [0.15, 0.2) is 0 Å². The van der Waals surface area contributed by atoms with Crippen molar-refractivity contribution in [3.63, 3.8) is 0 Å². The zero-order chi connectivity index (χ0) is 15.5. The molecule has 0 saturated heterocycles. The number of benzene rings is 2. The van der Waals surface area contributed by atoms with Gasteiger partial charge in [-0.25, -0.2) is 0 Å². The lowest BCUT2D eigenvalue weighted by atomic mass is 10.0. The molecule has 22 heavy (non-hydrogen) atoms. The summed E-state index contributed by atoms with van der Waals surface area (Å²) in [4.78, 5) is 13.8. The molecule has 0 saturated carbocycles. The first-order chi connectivity index (χ1) is 10.7. The Labute approximate surface area is 140 Å². The molecule has 4 heteroatoms. The highest BCUT2D eigenvalue weighted by atomic mass is 35.5. The van der Waals surface area contributed by atoms with Crippen LogP contribution in [0.3, 0.4) is 0 Å². The fraction of sp³-hybridized carbons (Fsp3) is 0.278. The maximum Gasteiger partial charge on any atom is 0.234 e. The Kier molecular flexibility index (Phi) is 4.74. The summed E-state index contributed by atoms with van der Waals surface area (Å²) in [6.07, 6.45) is 1.67. The number of rotatable bonds is 4. The van der Waals surface area contributed by atoms with E-state index in [2.05, 4.69) is 24.4 Å². The molecule has 0 fully saturated rings. The minimum atomic E-state index is -0.0289. The van der Waals surface area contributed by atoms with Gasteiger partial charge in [-0.05, 0) is 42.2 Å². The Hall–Kier alpha value is -1.45. The summed E-state index contributed by atoms with van der Waals surface area (Å²) in [5.74, 6) is 0.114. The van der Waals surface area contributed by atoms with E-state index in [1.165, 1.54) is 10.5 Å². The number of hydrogen-bond acceptors (Lipinski definition) is 2. The minimum absolute atomic E-state index is 0.0289. The van der Waals surface area contributed by atoms with Crippen molar-refractivity contribution in [3.8, 4) is 0 Å². The van der Waals surface area contributed by atoms with E-state index >= 15 is 0 Å². The van der Waals surface area contributed by atoms with Gasteiger partial charge in [0.2, 0.25) is 5.91 Å². The SMILES string of the molecule is CCC(NC(=O)C1Cc2ccccc2S1)c1ccc(Cl)cc1. The van der Waals surface area contributed by atoms with Gasteiger partial charge in [-0.3, -0.25) is 4.79 Å². The summed E-state index contributed by atoms with van der Waals surface area (Å²) in [7, 11) is 0. The number of amides is 1. The van der Waals surface area contributed by atoms with E-state index in [1.54, 1.807) is 11.8 Å². The molecule has 0 bridgehead atoms. The predicted molar refractivity (Wildman–Crippen MR) is 92.4 cm³/mol. The summed E-state index contributed by atoms with van der Waals surface area (Å²) < 4.78 is 0. The maximum absolute atomic E-state index is 12.6. The zero-order valence-electron chi connectivity index (χ0n) is 12.4. The lowest BCUT2D eigenvalue weighted by Crippen LogP contribution is -2.35. The molecule has 1 amide bonds. The highest BCUT2D eigenvalue weighted by Crippen LogP contribution is 2.37. The first kappa shape index (κ1) is 15.4. The molecule has 0 aliphatic carbocycles. The fourth-order valence-electron chi connectivity index (χ4n) is 2.71. The van der Waals surface area contributed by atoms with Crippen LogP contribution in [-0.2, 0) is 11.2 Å². The molecular weight excluding hydrogens is 314 g/mol. The van der Waals surface area contributed by atoms with Crippen LogP contribution in [0.1, 0.15) is 30.5 Å². The number of nitrogens with one attached hydrogen (secondary N) is 1. The van der Waals surface area contributed by atoms with Gasteiger partial charge >= 0.3 is 0 Å². The Morgan fingerprint density at radius 2 is 2.00 bits per heavy atom. The maximum atomic E-state index is 12.6. The van der Waals surface area contributed by atoms with Crippen molar-refractivity contribution in [3.05, 3.63) is 64.7 Å². The smallest absolute Gasteiger partial charge is 0.234 e. The third-order valence-electron chi connectivity index (χ3n) is 3.94. The van der Waals surface area contributed by atoms with E-state index < -0.39 is 0 Å². The van der Waals surface area contributed by atoms with Gasteiger partial charge in [0, 0.05) is 9.92 Å². The number of carbonyl (C=O) groups excluding carboxylic acids is 1. The normalized spacial score (nSPS) is 17.8. The summed E-state index contributed by atoms with van der Waals surface area (Å²) >= 11 is 7.59. The van der Waals surface area contributed by atoms with Gasteiger partial charge < -0.3 is 5.32 Å². The van der Waals surface area contributed by atoms with Crippen LogP contribution in [0.25, 0.3) is 0 Å². The standard InChI is InChI=1S/C18H18ClNOS/c1-2-15(12-7-9-14(19)10-8-12)20-18(21)17-11-13-5-3-4-6-16(13)22-17/h3-10,15,17H,2,11H2,1H3,(H,20,21). The van der Waals surface area contributed by atoms with E-state index in [4.69, 9.17) is 11.6 Å². The molecule has 2 unspecified atom stereocenters. The highest BCUT2D eigenvalue weighted by molar-refractivity contribution is 8.01. The topological polar surface area (TPSA) is 29.1 Å². The van der Waals surface area contributed by atoms with Gasteiger partial charge in [0.1, 0.15) is 0 Å². The molecule has 114 valence electrons. The van der Waals surface area contributed by atoms with Crippen molar-refractivity contribution in [1.29, 1.82) is 0 Å². The van der Waals surface area contributed by atoms with E-state index in [9.17, 15) is 4.79 Å². The average molecular weight is 332 g/mol. The molecule has 1 heterocycles. The Morgan fingerprint density at radius 1 is 1.27 bits per heavy atom. The summed E-state index contributed by atoms with van der Waals surface area (Å²) in [6, 6.07) is 16.0. The van der Waals surface area contributed by atoms with Crippen molar-refractivity contribution >= 4 is 29.3 Å². The minimum Gasteiger partial charge on any atom is -0.348 e. The number of carbonyl (C=O) groups is 1. The molecular formula is C18H18ClNOS. The molecule has 3 rings (SSSR count). The van der Waals surface area contributed by atoms with Crippen LogP contribution >= 0.6 is 23.4 Å². The third kappa shape index (κ3) is 3.31. The van der Waals surface area contributed by atoms with Crippen LogP contribution < -0.4 is 5.32 Å². The van der Waals surface area contributed by atoms with Crippen LogP contribution in [0, 0.1) is 0 Å². The third-order valence-corrected chi connectivity index (χ3v) is 5.51. The van der Waals surface area contributed by atoms with Crippen molar-refractivity contribution in [1.82, 2.24) is 5.32 Å². The second-order valence-corrected chi connectivity index (χ2v) is 7.12. The molecule has 2 aromatic carbocycles. The van der Waals surface area contributed by atoms with E-state index in [0.717, 1.165) is 18.4 Å². The van der Waals surface area contributed by atoms with Gasteiger partial charge in [-0.15, -0.1) is 11.8 Å². The van der Waals surface area contributed by atoms with Crippen molar-refractivity contribution in [2.75, 3.05) is 0 Å². The quantitative estimate of drug-likeness (QED) is 0.885. The summed E-state index contributed by atoms with van der Waals surface area (Å²) in [5.41, 5.74) is 2.37. The van der Waals surface area contributed by atoms with Gasteiger partial charge in [0.25, 0.3) is 0 Å². The number of fused-ring (bicyclic) bond motifs is 1. The second-order valence-electron chi connectivity index (χ2n) is 5.44. The van der Waals surface area contributed by atoms with Crippen LogP contribution in [0.15, 0.2) is 53.4 Å². The van der Waals surface area contributed by atoms with Crippen LogP contribution in [0.5, 0.6) is 0 Å². The lowest BCUT2D eigenvalue weighted by Gasteiger charge is -2.19. The van der Waals surface area contributed by atoms with Crippen molar-refractivity contribution in [2.45, 2.75) is 36.0 Å². The number of halogens is 1. The largest absolute Gasteiger partial charge is 0.348 e. The van der Waals surface area contributed by atoms with Gasteiger partial charge in [-0.2, -0.15) is 0 Å². The van der Waals surface area contributed by atoms with Crippen molar-refractivity contribution < 1.29 is 4.79 Å². The van der Waals surface area contributed by atoms with Crippen LogP contribution in [-0.4, -0.2) is 11.2 Å². The summed E-state index contributed by atoms with van der Waals surface area (Å²) in [6.45, 7) is 2.08. The molecule has 2 aromatic rings. The van der Waals surface area contributed by atoms with E-state index in [1.807, 2.05) is 36.4 Å². The molecule has 1 aliphatic rings. The van der Waals surface area contributed by atoms with E-state index in [-0.39, 0.29) is 17.2 Å². The van der Waals surface area contributed by atoms with Crippen LogP contribution in [0.2, 0.25) is 5.02 Å². The molecule has 1 aliphatic heterocycles. The van der Waals surface area contributed by atoms with Crippen LogP contribution in [0.4, 0.5) is 0 Å². The Bertz CT molecular complexity index is 646. The number of thioether (sulfide) groups is 1. The molecule has 0 aromatic heterocycles. The predicted octanol–water partition coefficient (Wildman–Crippen LogP) is 4.62. The first-order valence-electron chi connectivity index (χ1n) is 7.47. The summed E-state index contributed by atoms with van der Waals surface area (Å²) in [5, 5.41) is 3.86. The fourth-order valence-corrected chi connectivity index (χ4v) is 4.04. The lowest BCUT2D eigenvalue weighted by molar-refractivity contribution is -0.121. The molecule has 2 atom stereocenters. The Balaban J connectivity index is 1.67. The zero-order valence-corrected chi connectivity index (χ0v) is 14.0. The highest BCUT2D eigenvalue weighted by Gasteiger charge is 2.29. The first-order valence-corrected chi connectivity index (χ1v) is 8.73. The molecule has 1 N–H and O–H groups in total. The number of hydrogen-bond donors (Lipinski definition) is 1. The van der Waals surface area contributed by atoms with E-state index in [0.29, 0.717) is 5.02 Å². The van der Waals surface area contributed by atoms with Crippen molar-refractivity contribution in [2.24, 2.45) is 0 Å². The van der Waals surface area contributed by atoms with Gasteiger partial charge in [-0.1, -0.05) is 48.9 Å². The molecule has 0 spiro atoms.